The van der Waals surface area contributed by atoms with Crippen LogP contribution >= 0.6 is 0 Å². The van der Waals surface area contributed by atoms with E-state index in [0.717, 1.165) is 38.5 Å². The van der Waals surface area contributed by atoms with Gasteiger partial charge in [-0.1, -0.05) is 170 Å². The van der Waals surface area contributed by atoms with Crippen molar-refractivity contribution in [3.05, 3.63) is 223 Å². The third kappa shape index (κ3) is 7.66. The summed E-state index contributed by atoms with van der Waals surface area (Å²) in [7, 11) is 0. The summed E-state index contributed by atoms with van der Waals surface area (Å²) < 4.78 is 49.3. The Morgan fingerprint density at radius 1 is 0.388 bits per heavy atom. The number of aromatic nitrogens is 5. The summed E-state index contributed by atoms with van der Waals surface area (Å²) in [6.45, 7) is 0. The van der Waals surface area contributed by atoms with Gasteiger partial charge in [-0.25, -0.2) is 19.9 Å². The molecule has 0 unspecified atom stereocenters. The second-order valence-corrected chi connectivity index (χ2v) is 16.0. The minimum Gasteiger partial charge on any atom is -0.308 e. The fourth-order valence-corrected chi connectivity index (χ4v) is 8.76. The van der Waals surface area contributed by atoms with Gasteiger partial charge in [-0.15, -0.1) is 0 Å². The summed E-state index contributed by atoms with van der Waals surface area (Å²) in [6.07, 6.45) is -4.79. The van der Waals surface area contributed by atoms with Gasteiger partial charge < -0.3 is 4.57 Å². The predicted octanol–water partition coefficient (Wildman–Crippen LogP) is 14.9. The molecule has 9 heteroatoms. The Labute approximate surface area is 383 Å². The van der Waals surface area contributed by atoms with Gasteiger partial charge in [-0.3, -0.25) is 0 Å². The smallest absolute Gasteiger partial charge is 0.308 e. The zero-order valence-corrected chi connectivity index (χ0v) is 35.5. The number of halogens is 3. The Kier molecular flexibility index (Phi) is 10.2. The van der Waals surface area contributed by atoms with Crippen LogP contribution in [0.5, 0.6) is 0 Å². The minimum atomic E-state index is -4.79. The number of alkyl halides is 3. The van der Waals surface area contributed by atoms with Crippen molar-refractivity contribution in [2.75, 3.05) is 0 Å². The molecule has 0 aliphatic heterocycles. The third-order valence-electron chi connectivity index (χ3n) is 11.9. The molecule has 11 rings (SSSR count). The van der Waals surface area contributed by atoms with E-state index in [1.165, 1.54) is 12.1 Å². The number of nitriles is 1. The molecule has 0 bridgehead atoms. The van der Waals surface area contributed by atoms with Crippen LogP contribution in [-0.2, 0) is 6.18 Å². The maximum atomic E-state index is 15.7. The van der Waals surface area contributed by atoms with Gasteiger partial charge in [0.05, 0.1) is 56.7 Å². The lowest BCUT2D eigenvalue weighted by molar-refractivity contribution is -0.137. The quantitative estimate of drug-likeness (QED) is 0.152. The Morgan fingerprint density at radius 2 is 0.836 bits per heavy atom. The van der Waals surface area contributed by atoms with Gasteiger partial charge in [0.15, 0.2) is 11.6 Å². The van der Waals surface area contributed by atoms with E-state index in [2.05, 4.69) is 6.07 Å². The molecule has 0 aliphatic carbocycles. The van der Waals surface area contributed by atoms with Crippen LogP contribution in [0.25, 0.3) is 106 Å². The monoisotopic (exact) mass is 872 g/mol. The molecule has 0 saturated heterocycles. The largest absolute Gasteiger partial charge is 0.416 e. The Morgan fingerprint density at radius 3 is 1.36 bits per heavy atom. The van der Waals surface area contributed by atoms with Gasteiger partial charge in [0.1, 0.15) is 0 Å². The molecule has 0 amide bonds. The summed E-state index contributed by atoms with van der Waals surface area (Å²) in [5.74, 6) is 0.693. The van der Waals surface area contributed by atoms with Crippen LogP contribution in [0, 0.1) is 11.3 Å². The van der Waals surface area contributed by atoms with Crippen molar-refractivity contribution >= 4 is 21.8 Å². The van der Waals surface area contributed by atoms with E-state index in [1.54, 1.807) is 18.2 Å². The second-order valence-electron chi connectivity index (χ2n) is 16.0. The van der Waals surface area contributed by atoms with Crippen molar-refractivity contribution in [1.29, 1.82) is 5.26 Å². The lowest BCUT2D eigenvalue weighted by Gasteiger charge is -2.22. The van der Waals surface area contributed by atoms with Gasteiger partial charge in [0.2, 0.25) is 0 Å². The molecule has 6 nitrogen and oxygen atoms in total. The van der Waals surface area contributed by atoms with E-state index in [4.69, 9.17) is 19.9 Å². The lowest BCUT2D eigenvalue weighted by Crippen LogP contribution is -2.10. The molecular weight excluding hydrogens is 838 g/mol. The maximum Gasteiger partial charge on any atom is 0.416 e. The van der Waals surface area contributed by atoms with Gasteiger partial charge in [-0.2, -0.15) is 18.4 Å². The fraction of sp³-hybridized carbons (Fsp3) is 0.0172. The summed E-state index contributed by atoms with van der Waals surface area (Å²) in [5.41, 5.74) is 7.91. The first-order valence-electron chi connectivity index (χ1n) is 21.6. The van der Waals surface area contributed by atoms with Crippen LogP contribution in [0.3, 0.4) is 0 Å². The van der Waals surface area contributed by atoms with Crippen LogP contribution in [-0.4, -0.2) is 24.5 Å². The van der Waals surface area contributed by atoms with Gasteiger partial charge >= 0.3 is 6.18 Å². The number of hydrogen-bond donors (Lipinski definition) is 0. The highest BCUT2D eigenvalue weighted by atomic mass is 19.4. The first kappa shape index (κ1) is 40.8. The van der Waals surface area contributed by atoms with E-state index < -0.39 is 11.7 Å². The second kappa shape index (κ2) is 16.8. The van der Waals surface area contributed by atoms with Gasteiger partial charge in [0, 0.05) is 44.2 Å². The predicted molar refractivity (Wildman–Crippen MR) is 260 cm³/mol. The van der Waals surface area contributed by atoms with Crippen molar-refractivity contribution in [2.24, 2.45) is 0 Å². The normalized spacial score (nSPS) is 11.5. The maximum absolute atomic E-state index is 15.7. The van der Waals surface area contributed by atoms with Crippen molar-refractivity contribution in [2.45, 2.75) is 6.18 Å². The summed E-state index contributed by atoms with van der Waals surface area (Å²) >= 11 is 0. The van der Waals surface area contributed by atoms with E-state index in [-0.39, 0.29) is 22.5 Å². The van der Waals surface area contributed by atoms with Crippen LogP contribution in [0.15, 0.2) is 212 Å². The molecule has 8 aromatic carbocycles. The Bertz CT molecular complexity index is 3410. The molecule has 0 N–H and O–H groups in total. The number of benzene rings is 8. The van der Waals surface area contributed by atoms with E-state index >= 15 is 13.2 Å². The van der Waals surface area contributed by atoms with Crippen molar-refractivity contribution in [3.8, 4) is 90.7 Å². The average Bonchev–Trinajstić information content (AvgIpc) is 3.72. The number of hydrogen-bond acceptors (Lipinski definition) is 5. The molecule has 0 atom stereocenters. The molecule has 0 aliphatic rings. The van der Waals surface area contributed by atoms with Crippen LogP contribution < -0.4 is 0 Å². The third-order valence-corrected chi connectivity index (χ3v) is 11.9. The standard InChI is InChI=1S/C58H35F3N6/c59-58(60,61)43-32-47(51-34-49(37-17-5-1-6-18-37)63-56(65-51)39-21-9-3-10-22-39)55(48(33-43)52-35-50(38-19-7-2-8-20-38)64-57(66-52)40-23-11-4-12-24-40)67-53-28-16-15-27-45(53)46-30-29-41(31-54(46)67)44-26-14-13-25-42(44)36-62/h1-35H. The molecule has 0 saturated carbocycles. The molecule has 318 valence electrons. The number of nitrogens with zero attached hydrogens (tertiary/aromatic N) is 6. The van der Waals surface area contributed by atoms with Gasteiger partial charge in [0.25, 0.3) is 0 Å². The van der Waals surface area contributed by atoms with Crippen LogP contribution in [0.1, 0.15) is 11.1 Å². The van der Waals surface area contributed by atoms with E-state index in [1.807, 2.05) is 187 Å². The SMILES string of the molecule is N#Cc1ccccc1-c1ccc2c3ccccc3n(-c3c(-c4cc(-c5ccccc5)nc(-c5ccccc5)n4)cc(C(F)(F)F)cc3-c3cc(-c4ccccc4)nc(-c4ccccc4)n3)c2c1. The van der Waals surface area contributed by atoms with Crippen LogP contribution in [0.4, 0.5) is 13.2 Å². The minimum absolute atomic E-state index is 0.202. The average molecular weight is 873 g/mol. The number of fused-ring (bicyclic) bond motifs is 3. The molecule has 3 aromatic heterocycles. The van der Waals surface area contributed by atoms with E-state index in [9.17, 15) is 5.26 Å². The molecular formula is C58H35F3N6. The Hall–Kier alpha value is -9.00. The first-order valence-corrected chi connectivity index (χ1v) is 21.6. The highest BCUT2D eigenvalue weighted by molar-refractivity contribution is 6.11. The molecule has 3 heterocycles. The Balaban J connectivity index is 1.32. The molecule has 0 radical (unpaired) electrons. The topological polar surface area (TPSA) is 80.3 Å². The van der Waals surface area contributed by atoms with Crippen molar-refractivity contribution < 1.29 is 13.2 Å². The zero-order valence-electron chi connectivity index (χ0n) is 35.5. The number of rotatable bonds is 8. The highest BCUT2D eigenvalue weighted by Crippen LogP contribution is 2.46. The summed E-state index contributed by atoms with van der Waals surface area (Å²) in [6, 6.07) is 67.4. The van der Waals surface area contributed by atoms with Gasteiger partial charge in [-0.05, 0) is 53.6 Å². The van der Waals surface area contributed by atoms with Crippen molar-refractivity contribution in [1.82, 2.24) is 24.5 Å². The zero-order chi connectivity index (χ0) is 45.5. The molecule has 0 fully saturated rings. The summed E-state index contributed by atoms with van der Waals surface area (Å²) in [5, 5.41) is 11.9. The van der Waals surface area contributed by atoms with Crippen LogP contribution in [0.2, 0.25) is 0 Å². The van der Waals surface area contributed by atoms with Crippen molar-refractivity contribution in [3.63, 3.8) is 0 Å². The molecule has 11 aromatic rings. The number of para-hydroxylation sites is 1. The molecule has 0 spiro atoms. The van der Waals surface area contributed by atoms with E-state index in [0.29, 0.717) is 50.9 Å². The molecule has 67 heavy (non-hydrogen) atoms. The lowest BCUT2D eigenvalue weighted by atomic mass is 9.95. The highest BCUT2D eigenvalue weighted by Gasteiger charge is 2.35. The fourth-order valence-electron chi connectivity index (χ4n) is 8.76. The first-order chi connectivity index (χ1) is 32.8. The summed E-state index contributed by atoms with van der Waals surface area (Å²) in [4.78, 5) is 20.3.